The maximum Gasteiger partial charge on any atom is 0.109 e. The van der Waals surface area contributed by atoms with Crippen LogP contribution in [0.25, 0.3) is 0 Å². The van der Waals surface area contributed by atoms with E-state index in [1.807, 2.05) is 11.6 Å². The van der Waals surface area contributed by atoms with E-state index in [9.17, 15) is 0 Å². The molecule has 0 bridgehead atoms. The number of thiazole rings is 1. The van der Waals surface area contributed by atoms with Crippen LogP contribution in [0.15, 0.2) is 29.8 Å². The van der Waals surface area contributed by atoms with Crippen LogP contribution in [0.2, 0.25) is 0 Å². The first-order valence-corrected chi connectivity index (χ1v) is 7.72. The van der Waals surface area contributed by atoms with Gasteiger partial charge >= 0.3 is 0 Å². The van der Waals surface area contributed by atoms with Gasteiger partial charge in [-0.2, -0.15) is 0 Å². The van der Waals surface area contributed by atoms with Crippen molar-refractivity contribution < 1.29 is 0 Å². The number of nitrogens with zero attached hydrogens (tertiary/aromatic N) is 1. The summed E-state index contributed by atoms with van der Waals surface area (Å²) < 4.78 is 0. The van der Waals surface area contributed by atoms with Gasteiger partial charge in [-0.3, -0.25) is 0 Å². The third-order valence-electron chi connectivity index (χ3n) is 3.64. The lowest BCUT2D eigenvalue weighted by molar-refractivity contribution is 0.455. The summed E-state index contributed by atoms with van der Waals surface area (Å²) in [5.74, 6) is 0. The number of nitrogens with one attached hydrogen (secondary N) is 1. The maximum absolute atomic E-state index is 4.42. The lowest BCUT2D eigenvalue weighted by Gasteiger charge is -2.21. The fourth-order valence-corrected chi connectivity index (χ4v) is 2.98. The van der Waals surface area contributed by atoms with Crippen molar-refractivity contribution in [2.45, 2.75) is 46.2 Å². The number of benzene rings is 1. The van der Waals surface area contributed by atoms with E-state index >= 15 is 0 Å². The molecule has 2 nitrogen and oxygen atoms in total. The molecule has 1 aromatic carbocycles. The second-order valence-electron chi connectivity index (χ2n) is 5.06. The van der Waals surface area contributed by atoms with Crippen molar-refractivity contribution in [3.63, 3.8) is 0 Å². The number of aryl methyl sites for hydroxylation is 2. The monoisotopic (exact) mass is 274 g/mol. The molecule has 1 heterocycles. The molecule has 0 saturated carbocycles. The lowest BCUT2D eigenvalue weighted by atomic mass is 10.0. The van der Waals surface area contributed by atoms with Crippen molar-refractivity contribution in [2.24, 2.45) is 0 Å². The van der Waals surface area contributed by atoms with Crippen molar-refractivity contribution in [1.82, 2.24) is 10.3 Å². The van der Waals surface area contributed by atoms with Crippen molar-refractivity contribution in [3.8, 4) is 0 Å². The van der Waals surface area contributed by atoms with E-state index in [1.165, 1.54) is 21.7 Å². The van der Waals surface area contributed by atoms with Gasteiger partial charge in [0.05, 0.1) is 6.04 Å². The molecule has 3 heteroatoms. The summed E-state index contributed by atoms with van der Waals surface area (Å²) in [4.78, 5) is 4.42. The second-order valence-corrected chi connectivity index (χ2v) is 5.99. The number of hydrogen-bond acceptors (Lipinski definition) is 3. The van der Waals surface area contributed by atoms with Gasteiger partial charge in [0.25, 0.3) is 0 Å². The van der Waals surface area contributed by atoms with E-state index in [0.717, 1.165) is 6.42 Å². The van der Waals surface area contributed by atoms with Gasteiger partial charge < -0.3 is 5.32 Å². The minimum absolute atomic E-state index is 0.341. The largest absolute Gasteiger partial charge is 0.301 e. The highest BCUT2D eigenvalue weighted by Gasteiger charge is 2.15. The van der Waals surface area contributed by atoms with Crippen molar-refractivity contribution >= 4 is 11.3 Å². The lowest BCUT2D eigenvalue weighted by Crippen LogP contribution is -2.24. The van der Waals surface area contributed by atoms with Crippen molar-refractivity contribution in [1.29, 1.82) is 0 Å². The quantitative estimate of drug-likeness (QED) is 0.864. The molecule has 2 unspecified atom stereocenters. The summed E-state index contributed by atoms with van der Waals surface area (Å²) in [6.45, 7) is 8.75. The molecule has 0 saturated heterocycles. The molecule has 0 radical (unpaired) electrons. The highest BCUT2D eigenvalue weighted by Crippen LogP contribution is 2.24. The summed E-state index contributed by atoms with van der Waals surface area (Å²) in [7, 11) is 0. The number of rotatable bonds is 5. The van der Waals surface area contributed by atoms with Gasteiger partial charge in [0, 0.05) is 17.6 Å². The van der Waals surface area contributed by atoms with Gasteiger partial charge in [0.2, 0.25) is 0 Å². The minimum atomic E-state index is 0.341. The molecule has 102 valence electrons. The van der Waals surface area contributed by atoms with E-state index in [2.05, 4.69) is 56.2 Å². The zero-order valence-corrected chi connectivity index (χ0v) is 12.9. The first-order chi connectivity index (χ1) is 9.11. The molecule has 2 aromatic rings. The third-order valence-corrected chi connectivity index (χ3v) is 4.53. The highest BCUT2D eigenvalue weighted by atomic mass is 32.1. The summed E-state index contributed by atoms with van der Waals surface area (Å²) in [5.41, 5.74) is 4.05. The molecule has 2 rings (SSSR count). The molecule has 2 atom stereocenters. The number of aromatic nitrogens is 1. The molecule has 1 N–H and O–H groups in total. The van der Waals surface area contributed by atoms with Crippen LogP contribution in [-0.4, -0.2) is 4.98 Å². The smallest absolute Gasteiger partial charge is 0.109 e. The third kappa shape index (κ3) is 3.43. The molecule has 0 aliphatic rings. The van der Waals surface area contributed by atoms with Crippen LogP contribution in [0.4, 0.5) is 0 Å². The summed E-state index contributed by atoms with van der Waals surface area (Å²) in [6.07, 6.45) is 2.94. The van der Waals surface area contributed by atoms with Crippen LogP contribution in [0.5, 0.6) is 0 Å². The highest BCUT2D eigenvalue weighted by molar-refractivity contribution is 7.09. The van der Waals surface area contributed by atoms with Gasteiger partial charge in [0.15, 0.2) is 0 Å². The number of hydrogen-bond donors (Lipinski definition) is 1. The van der Waals surface area contributed by atoms with E-state index in [0.29, 0.717) is 12.1 Å². The zero-order valence-electron chi connectivity index (χ0n) is 12.1. The molecule has 0 amide bonds. The topological polar surface area (TPSA) is 24.9 Å². The van der Waals surface area contributed by atoms with E-state index in [1.54, 1.807) is 11.3 Å². The Morgan fingerprint density at radius 1 is 1.26 bits per heavy atom. The predicted molar refractivity (Wildman–Crippen MR) is 82.6 cm³/mol. The standard InChI is InChI=1S/C16H22N2S/c1-5-15(16-17-8-9-19-16)18-13(4)14-7-6-11(2)12(3)10-14/h6-10,13,15,18H,5H2,1-4H3. The van der Waals surface area contributed by atoms with Crippen molar-refractivity contribution in [3.05, 3.63) is 51.5 Å². The Labute approximate surface area is 119 Å². The van der Waals surface area contributed by atoms with Crippen LogP contribution in [0.1, 0.15) is 54.0 Å². The Balaban J connectivity index is 2.11. The fraction of sp³-hybridized carbons (Fsp3) is 0.438. The molecule has 0 spiro atoms. The van der Waals surface area contributed by atoms with E-state index in [-0.39, 0.29) is 0 Å². The Morgan fingerprint density at radius 2 is 2.05 bits per heavy atom. The zero-order chi connectivity index (χ0) is 13.8. The minimum Gasteiger partial charge on any atom is -0.301 e. The average Bonchev–Trinajstić information content (AvgIpc) is 2.92. The van der Waals surface area contributed by atoms with Crippen LogP contribution < -0.4 is 5.32 Å². The van der Waals surface area contributed by atoms with Crippen LogP contribution in [0, 0.1) is 13.8 Å². The Bertz CT molecular complexity index is 520. The van der Waals surface area contributed by atoms with Gasteiger partial charge in [-0.15, -0.1) is 11.3 Å². The van der Waals surface area contributed by atoms with Crippen LogP contribution >= 0.6 is 11.3 Å². The molecule has 0 fully saturated rings. The SMILES string of the molecule is CCC(NC(C)c1ccc(C)c(C)c1)c1nccs1. The van der Waals surface area contributed by atoms with Crippen molar-refractivity contribution in [2.75, 3.05) is 0 Å². The molecule has 19 heavy (non-hydrogen) atoms. The van der Waals surface area contributed by atoms with E-state index < -0.39 is 0 Å². The predicted octanol–water partition coefficient (Wildman–Crippen LogP) is 4.56. The summed E-state index contributed by atoms with van der Waals surface area (Å²) in [6, 6.07) is 7.38. The first-order valence-electron chi connectivity index (χ1n) is 6.84. The average molecular weight is 274 g/mol. The Kier molecular flexibility index (Phi) is 4.72. The Hall–Kier alpha value is -1.19. The van der Waals surface area contributed by atoms with Gasteiger partial charge in [0.1, 0.15) is 5.01 Å². The van der Waals surface area contributed by atoms with Gasteiger partial charge in [-0.05, 0) is 43.9 Å². The normalized spacial score (nSPS) is 14.3. The van der Waals surface area contributed by atoms with Crippen LogP contribution in [0.3, 0.4) is 0 Å². The summed E-state index contributed by atoms with van der Waals surface area (Å²) in [5, 5.41) is 6.90. The van der Waals surface area contributed by atoms with Crippen LogP contribution in [-0.2, 0) is 0 Å². The molecule has 0 aliphatic heterocycles. The molecule has 1 aromatic heterocycles. The Morgan fingerprint density at radius 3 is 2.63 bits per heavy atom. The molecular formula is C16H22N2S. The van der Waals surface area contributed by atoms with E-state index in [4.69, 9.17) is 0 Å². The maximum atomic E-state index is 4.42. The van der Waals surface area contributed by atoms with Gasteiger partial charge in [-0.1, -0.05) is 25.1 Å². The second kappa shape index (κ2) is 6.31. The molecular weight excluding hydrogens is 252 g/mol. The molecule has 0 aliphatic carbocycles. The first kappa shape index (κ1) is 14.2. The summed E-state index contributed by atoms with van der Waals surface area (Å²) >= 11 is 1.72. The fourth-order valence-electron chi connectivity index (χ4n) is 2.20. The van der Waals surface area contributed by atoms with Gasteiger partial charge in [-0.25, -0.2) is 4.98 Å².